The van der Waals surface area contributed by atoms with Gasteiger partial charge in [-0.25, -0.2) is 4.79 Å². The van der Waals surface area contributed by atoms with Gasteiger partial charge in [0.05, 0.1) is 0 Å². The summed E-state index contributed by atoms with van der Waals surface area (Å²) < 4.78 is 18.8. The topological polar surface area (TPSA) is 109 Å². The zero-order valence-electron chi connectivity index (χ0n) is 17.9. The van der Waals surface area contributed by atoms with Crippen molar-refractivity contribution in [3.8, 4) is 11.8 Å². The molecule has 2 aromatic rings. The Morgan fingerprint density at radius 2 is 2.13 bits per heavy atom. The Labute approximate surface area is 179 Å². The molecule has 0 radical (unpaired) electrons. The van der Waals surface area contributed by atoms with Crippen LogP contribution in [0.15, 0.2) is 24.4 Å². The van der Waals surface area contributed by atoms with E-state index >= 15 is 0 Å². The molecule has 0 N–H and O–H groups in total. The Morgan fingerprint density at radius 3 is 2.87 bits per heavy atom. The fraction of sp³-hybridized carbons (Fsp3) is 0.524. The molecule has 166 valence electrons. The maximum Gasteiger partial charge on any atom is 0.414 e. The monoisotopic (exact) mass is 430 g/mol. The summed E-state index contributed by atoms with van der Waals surface area (Å²) in [6, 6.07) is 6.10. The first-order chi connectivity index (χ1) is 14.7. The standard InChI is InChI=1S/C21H26N4O6/c1-21(2,3)31-20(26)24-8-6-14-10-16(5-4-15(14)11-24)29-13-17-7-9-23-12-18(25(27)28)22-19(23)30-17/h4-5,10,12,17H,6-9,11,13H2,1-3H3/t17-/m1/s1. The van der Waals surface area contributed by atoms with Crippen LogP contribution in [-0.4, -0.2) is 50.3 Å². The third-order valence-corrected chi connectivity index (χ3v) is 5.16. The maximum atomic E-state index is 12.3. The Morgan fingerprint density at radius 1 is 1.32 bits per heavy atom. The number of carbonyl (C=O) groups is 1. The lowest BCUT2D eigenvalue weighted by atomic mass is 10.00. The molecule has 0 aliphatic carbocycles. The van der Waals surface area contributed by atoms with Gasteiger partial charge in [0.25, 0.3) is 0 Å². The lowest BCUT2D eigenvalue weighted by molar-refractivity contribution is -0.389. The van der Waals surface area contributed by atoms with Crippen LogP contribution >= 0.6 is 0 Å². The van der Waals surface area contributed by atoms with Crippen molar-refractivity contribution in [1.29, 1.82) is 0 Å². The molecule has 0 saturated heterocycles. The molecular formula is C21H26N4O6. The van der Waals surface area contributed by atoms with E-state index in [1.54, 1.807) is 9.47 Å². The van der Waals surface area contributed by atoms with Crippen molar-refractivity contribution in [1.82, 2.24) is 14.5 Å². The van der Waals surface area contributed by atoms with E-state index in [1.165, 1.54) is 6.20 Å². The minimum Gasteiger partial charge on any atom is -0.490 e. The molecule has 10 heteroatoms. The number of carbonyl (C=O) groups excluding carboxylic acids is 1. The number of aromatic nitrogens is 2. The molecule has 2 aliphatic rings. The zero-order valence-corrected chi connectivity index (χ0v) is 17.9. The summed E-state index contributed by atoms with van der Waals surface area (Å²) in [6.07, 6.45) is 2.26. The smallest absolute Gasteiger partial charge is 0.414 e. The molecule has 2 aliphatic heterocycles. The van der Waals surface area contributed by atoms with E-state index in [1.807, 2.05) is 39.0 Å². The molecule has 0 bridgehead atoms. The van der Waals surface area contributed by atoms with Gasteiger partial charge in [0.2, 0.25) is 0 Å². The maximum absolute atomic E-state index is 12.3. The molecule has 1 atom stereocenters. The van der Waals surface area contributed by atoms with E-state index < -0.39 is 10.5 Å². The van der Waals surface area contributed by atoms with Crippen molar-refractivity contribution in [2.45, 2.75) is 58.4 Å². The van der Waals surface area contributed by atoms with Crippen LogP contribution in [0.1, 0.15) is 38.3 Å². The highest BCUT2D eigenvalue weighted by atomic mass is 16.6. The summed E-state index contributed by atoms with van der Waals surface area (Å²) in [4.78, 5) is 28.3. The third kappa shape index (κ3) is 4.89. The third-order valence-electron chi connectivity index (χ3n) is 5.16. The van der Waals surface area contributed by atoms with Crippen LogP contribution in [-0.2, 0) is 24.2 Å². The minimum absolute atomic E-state index is 0.216. The predicted octanol–water partition coefficient (Wildman–Crippen LogP) is 3.31. The first-order valence-corrected chi connectivity index (χ1v) is 10.3. The number of hydrogen-bond acceptors (Lipinski definition) is 7. The quantitative estimate of drug-likeness (QED) is 0.541. The van der Waals surface area contributed by atoms with Crippen LogP contribution < -0.4 is 9.47 Å². The van der Waals surface area contributed by atoms with Gasteiger partial charge in [0.1, 0.15) is 30.3 Å². The van der Waals surface area contributed by atoms with Crippen molar-refractivity contribution in [2.24, 2.45) is 0 Å². The summed E-state index contributed by atoms with van der Waals surface area (Å²) in [6.45, 7) is 7.60. The molecule has 0 fully saturated rings. The van der Waals surface area contributed by atoms with E-state index in [9.17, 15) is 14.9 Å². The van der Waals surface area contributed by atoms with E-state index in [0.717, 1.165) is 23.3 Å². The lowest BCUT2D eigenvalue weighted by Crippen LogP contribution is -2.39. The number of fused-ring (bicyclic) bond motifs is 2. The molecule has 1 aromatic carbocycles. The molecule has 1 amide bonds. The number of amides is 1. The van der Waals surface area contributed by atoms with E-state index in [-0.39, 0.29) is 24.0 Å². The molecule has 0 unspecified atom stereocenters. The zero-order chi connectivity index (χ0) is 22.2. The van der Waals surface area contributed by atoms with Crippen LogP contribution in [0.4, 0.5) is 10.6 Å². The van der Waals surface area contributed by atoms with Crippen LogP contribution in [0.5, 0.6) is 11.8 Å². The number of imidazole rings is 1. The van der Waals surface area contributed by atoms with E-state index in [2.05, 4.69) is 4.98 Å². The second-order valence-corrected chi connectivity index (χ2v) is 8.75. The van der Waals surface area contributed by atoms with Crippen LogP contribution in [0.2, 0.25) is 0 Å². The molecule has 4 rings (SSSR count). The molecule has 1 aromatic heterocycles. The first-order valence-electron chi connectivity index (χ1n) is 10.3. The Kier molecular flexibility index (Phi) is 5.47. The van der Waals surface area contributed by atoms with Gasteiger partial charge < -0.3 is 29.2 Å². The van der Waals surface area contributed by atoms with Crippen molar-refractivity contribution >= 4 is 11.9 Å². The second kappa shape index (κ2) is 8.09. The van der Waals surface area contributed by atoms with Gasteiger partial charge in [-0.1, -0.05) is 6.07 Å². The van der Waals surface area contributed by atoms with Gasteiger partial charge in [0, 0.05) is 31.0 Å². The second-order valence-electron chi connectivity index (χ2n) is 8.75. The predicted molar refractivity (Wildman–Crippen MR) is 110 cm³/mol. The number of rotatable bonds is 4. The van der Waals surface area contributed by atoms with E-state index in [0.29, 0.717) is 32.7 Å². The normalized spacial score (nSPS) is 17.9. The van der Waals surface area contributed by atoms with Crippen LogP contribution in [0.3, 0.4) is 0 Å². The van der Waals surface area contributed by atoms with Crippen molar-refractivity contribution in [3.63, 3.8) is 0 Å². The molecular weight excluding hydrogens is 404 g/mol. The van der Waals surface area contributed by atoms with Gasteiger partial charge >= 0.3 is 17.9 Å². The van der Waals surface area contributed by atoms with Crippen LogP contribution in [0, 0.1) is 10.1 Å². The number of ether oxygens (including phenoxy) is 3. The number of hydrogen-bond donors (Lipinski definition) is 0. The first kappa shape index (κ1) is 21.0. The molecule has 0 spiro atoms. The summed E-state index contributed by atoms with van der Waals surface area (Å²) in [5.41, 5.74) is 1.71. The highest BCUT2D eigenvalue weighted by Gasteiger charge is 2.29. The highest BCUT2D eigenvalue weighted by molar-refractivity contribution is 5.68. The average molecular weight is 430 g/mol. The number of benzene rings is 1. The summed E-state index contributed by atoms with van der Waals surface area (Å²) >= 11 is 0. The molecule has 3 heterocycles. The lowest BCUT2D eigenvalue weighted by Gasteiger charge is -2.31. The average Bonchev–Trinajstić information content (AvgIpc) is 3.14. The van der Waals surface area contributed by atoms with Gasteiger partial charge in [-0.2, -0.15) is 0 Å². The highest BCUT2D eigenvalue weighted by Crippen LogP contribution is 2.27. The Bertz CT molecular complexity index is 996. The molecule has 0 saturated carbocycles. The number of nitrogens with zero attached hydrogens (tertiary/aromatic N) is 4. The Hall–Kier alpha value is -3.30. The van der Waals surface area contributed by atoms with Gasteiger partial charge in [-0.3, -0.25) is 4.57 Å². The van der Waals surface area contributed by atoms with Crippen molar-refractivity contribution in [2.75, 3.05) is 13.2 Å². The van der Waals surface area contributed by atoms with Gasteiger partial charge in [-0.15, -0.1) is 0 Å². The van der Waals surface area contributed by atoms with Crippen molar-refractivity contribution < 1.29 is 23.9 Å². The molecule has 31 heavy (non-hydrogen) atoms. The summed E-state index contributed by atoms with van der Waals surface area (Å²) in [7, 11) is 0. The largest absolute Gasteiger partial charge is 0.490 e. The van der Waals surface area contributed by atoms with Crippen molar-refractivity contribution in [3.05, 3.63) is 45.6 Å². The molecule has 10 nitrogen and oxygen atoms in total. The summed E-state index contributed by atoms with van der Waals surface area (Å²) in [5.74, 6) is 0.514. The fourth-order valence-corrected chi connectivity index (χ4v) is 3.63. The number of nitro groups is 1. The fourth-order valence-electron chi connectivity index (χ4n) is 3.63. The SMILES string of the molecule is CC(C)(C)OC(=O)N1CCc2cc(OC[C@H]3CCn4cc([N+](=O)[O-])nc4O3)ccc2C1. The Balaban J connectivity index is 1.33. The number of aryl methyl sites for hydroxylation is 1. The van der Waals surface area contributed by atoms with Gasteiger partial charge in [-0.05, 0) is 55.4 Å². The van der Waals surface area contributed by atoms with Crippen LogP contribution in [0.25, 0.3) is 0 Å². The van der Waals surface area contributed by atoms with Gasteiger partial charge in [0.15, 0.2) is 0 Å². The minimum atomic E-state index is -0.531. The van der Waals surface area contributed by atoms with E-state index in [4.69, 9.17) is 14.2 Å². The summed E-state index contributed by atoms with van der Waals surface area (Å²) in [5, 5.41) is 10.9.